The van der Waals surface area contributed by atoms with Crippen LogP contribution in [0.1, 0.15) is 6.92 Å². The maximum absolute atomic E-state index is 10.9. The number of anilines is 1. The number of aliphatic hydroxyl groups excluding tert-OH is 4. The highest BCUT2D eigenvalue weighted by atomic mass is 16.7. The van der Waals surface area contributed by atoms with Crippen molar-refractivity contribution >= 4 is 11.6 Å². The van der Waals surface area contributed by atoms with Gasteiger partial charge in [0.05, 0.1) is 6.61 Å². The van der Waals surface area contributed by atoms with E-state index in [0.29, 0.717) is 11.4 Å². The summed E-state index contributed by atoms with van der Waals surface area (Å²) in [6, 6.07) is 6.29. The summed E-state index contributed by atoms with van der Waals surface area (Å²) in [5.41, 5.74) is 0.577. The fourth-order valence-corrected chi connectivity index (χ4v) is 2.12. The van der Waals surface area contributed by atoms with Gasteiger partial charge in [-0.25, -0.2) is 0 Å². The van der Waals surface area contributed by atoms with Crippen LogP contribution in [0.4, 0.5) is 5.69 Å². The van der Waals surface area contributed by atoms with Crippen LogP contribution in [0.25, 0.3) is 0 Å². The second-order valence-electron chi connectivity index (χ2n) is 5.02. The zero-order valence-electron chi connectivity index (χ0n) is 11.9. The number of rotatable bonds is 4. The minimum atomic E-state index is -1.49. The van der Waals surface area contributed by atoms with Gasteiger partial charge in [0, 0.05) is 12.6 Å². The van der Waals surface area contributed by atoms with Gasteiger partial charge in [-0.05, 0) is 24.3 Å². The van der Waals surface area contributed by atoms with Crippen molar-refractivity contribution in [1.82, 2.24) is 0 Å². The molecule has 8 nitrogen and oxygen atoms in total. The van der Waals surface area contributed by atoms with Gasteiger partial charge in [-0.15, -0.1) is 0 Å². The summed E-state index contributed by atoms with van der Waals surface area (Å²) in [5, 5.41) is 40.9. The van der Waals surface area contributed by atoms with E-state index in [1.807, 2.05) is 0 Å². The normalized spacial score (nSPS) is 31.6. The van der Waals surface area contributed by atoms with Crippen LogP contribution in [0.5, 0.6) is 5.75 Å². The molecule has 1 aliphatic rings. The first-order valence-electron chi connectivity index (χ1n) is 6.77. The predicted molar refractivity (Wildman–Crippen MR) is 75.1 cm³/mol. The summed E-state index contributed by atoms with van der Waals surface area (Å²) in [4.78, 5) is 10.9. The van der Waals surface area contributed by atoms with E-state index in [-0.39, 0.29) is 5.91 Å². The van der Waals surface area contributed by atoms with Crippen LogP contribution in [0.15, 0.2) is 24.3 Å². The van der Waals surface area contributed by atoms with Crippen molar-refractivity contribution in [3.8, 4) is 5.75 Å². The van der Waals surface area contributed by atoms with Crippen molar-refractivity contribution in [2.45, 2.75) is 37.6 Å². The summed E-state index contributed by atoms with van der Waals surface area (Å²) < 4.78 is 10.6. The number of nitrogens with one attached hydrogen (secondary N) is 1. The molecule has 0 bridgehead atoms. The standard InChI is InChI=1S/C14H19NO7/c1-7(17)15-8-2-4-9(5-3-8)21-14-13(20)12(19)11(18)10(6-16)22-14/h2-5,10-14,16,18-20H,6H2,1H3,(H,15,17)/t10-,11-,12+,13+,14+/m1/s1. The van der Waals surface area contributed by atoms with Crippen LogP contribution in [0.2, 0.25) is 0 Å². The molecule has 0 aliphatic carbocycles. The number of ether oxygens (including phenoxy) is 2. The van der Waals surface area contributed by atoms with E-state index in [9.17, 15) is 20.1 Å². The number of hydrogen-bond donors (Lipinski definition) is 5. The summed E-state index contributed by atoms with van der Waals surface area (Å²) in [6.45, 7) is 0.866. The van der Waals surface area contributed by atoms with Crippen LogP contribution in [0, 0.1) is 0 Å². The molecule has 0 aromatic heterocycles. The molecule has 5 atom stereocenters. The lowest BCUT2D eigenvalue weighted by Gasteiger charge is -2.39. The van der Waals surface area contributed by atoms with Crippen LogP contribution < -0.4 is 10.1 Å². The second-order valence-corrected chi connectivity index (χ2v) is 5.02. The molecule has 0 spiro atoms. The topological polar surface area (TPSA) is 128 Å². The number of amides is 1. The van der Waals surface area contributed by atoms with E-state index in [1.54, 1.807) is 24.3 Å². The van der Waals surface area contributed by atoms with Gasteiger partial charge < -0.3 is 35.2 Å². The minimum absolute atomic E-state index is 0.206. The first kappa shape index (κ1) is 16.7. The van der Waals surface area contributed by atoms with E-state index in [0.717, 1.165) is 0 Å². The lowest BCUT2D eigenvalue weighted by molar-refractivity contribution is -0.277. The molecule has 1 aliphatic heterocycles. The Morgan fingerprint density at radius 2 is 1.82 bits per heavy atom. The molecule has 1 heterocycles. The molecule has 1 aromatic rings. The Morgan fingerprint density at radius 1 is 1.18 bits per heavy atom. The highest BCUT2D eigenvalue weighted by Gasteiger charge is 2.44. The minimum Gasteiger partial charge on any atom is -0.462 e. The van der Waals surface area contributed by atoms with Gasteiger partial charge in [0.1, 0.15) is 30.2 Å². The van der Waals surface area contributed by atoms with Gasteiger partial charge in [-0.3, -0.25) is 4.79 Å². The van der Waals surface area contributed by atoms with Gasteiger partial charge in [0.2, 0.25) is 12.2 Å². The van der Waals surface area contributed by atoms with Crippen molar-refractivity contribution < 1.29 is 34.7 Å². The van der Waals surface area contributed by atoms with Crippen molar-refractivity contribution in [3.05, 3.63) is 24.3 Å². The van der Waals surface area contributed by atoms with E-state index in [1.165, 1.54) is 6.92 Å². The lowest BCUT2D eigenvalue weighted by atomic mass is 9.99. The highest BCUT2D eigenvalue weighted by Crippen LogP contribution is 2.25. The quantitative estimate of drug-likeness (QED) is 0.473. The van der Waals surface area contributed by atoms with Crippen molar-refractivity contribution in [3.63, 3.8) is 0 Å². The third kappa shape index (κ3) is 3.73. The van der Waals surface area contributed by atoms with E-state index < -0.39 is 37.3 Å². The monoisotopic (exact) mass is 313 g/mol. The van der Waals surface area contributed by atoms with Crippen molar-refractivity contribution in [2.75, 3.05) is 11.9 Å². The number of aliphatic hydroxyl groups is 4. The average molecular weight is 313 g/mol. The third-order valence-corrected chi connectivity index (χ3v) is 3.28. The van der Waals surface area contributed by atoms with Gasteiger partial charge in [-0.1, -0.05) is 0 Å². The Morgan fingerprint density at radius 3 is 2.36 bits per heavy atom. The largest absolute Gasteiger partial charge is 0.462 e. The lowest BCUT2D eigenvalue weighted by Crippen LogP contribution is -2.60. The Kier molecular flexibility index (Phi) is 5.33. The first-order chi connectivity index (χ1) is 10.4. The van der Waals surface area contributed by atoms with Crippen LogP contribution in [0.3, 0.4) is 0 Å². The fraction of sp³-hybridized carbons (Fsp3) is 0.500. The van der Waals surface area contributed by atoms with Gasteiger partial charge in [0.15, 0.2) is 0 Å². The summed E-state index contributed by atoms with van der Waals surface area (Å²) in [7, 11) is 0. The Bertz CT molecular complexity index is 504. The van der Waals surface area contributed by atoms with Crippen molar-refractivity contribution in [2.24, 2.45) is 0 Å². The average Bonchev–Trinajstić information content (AvgIpc) is 2.49. The molecule has 2 rings (SSSR count). The molecule has 1 fully saturated rings. The van der Waals surface area contributed by atoms with Crippen molar-refractivity contribution in [1.29, 1.82) is 0 Å². The van der Waals surface area contributed by atoms with Gasteiger partial charge >= 0.3 is 0 Å². The van der Waals surface area contributed by atoms with Crippen LogP contribution >= 0.6 is 0 Å². The zero-order valence-corrected chi connectivity index (χ0v) is 11.9. The Labute approximate surface area is 126 Å². The third-order valence-electron chi connectivity index (χ3n) is 3.28. The molecule has 1 aromatic carbocycles. The molecule has 1 amide bonds. The maximum atomic E-state index is 10.9. The summed E-state index contributed by atoms with van der Waals surface area (Å²) in [5.74, 6) is 0.126. The fourth-order valence-electron chi connectivity index (χ4n) is 2.12. The number of hydrogen-bond acceptors (Lipinski definition) is 7. The molecule has 22 heavy (non-hydrogen) atoms. The summed E-state index contributed by atoms with van der Waals surface area (Å²) in [6.07, 6.45) is -6.64. The predicted octanol–water partition coefficient (Wildman–Crippen LogP) is -1.18. The Hall–Kier alpha value is -1.71. The van der Waals surface area contributed by atoms with Crippen LogP contribution in [-0.2, 0) is 9.53 Å². The molecular formula is C14H19NO7. The number of benzene rings is 1. The van der Waals surface area contributed by atoms with E-state index >= 15 is 0 Å². The summed E-state index contributed by atoms with van der Waals surface area (Å²) >= 11 is 0. The number of carbonyl (C=O) groups is 1. The van der Waals surface area contributed by atoms with Gasteiger partial charge in [0.25, 0.3) is 0 Å². The smallest absolute Gasteiger partial charge is 0.229 e. The molecule has 1 saturated heterocycles. The molecule has 8 heteroatoms. The van der Waals surface area contributed by atoms with Gasteiger partial charge in [-0.2, -0.15) is 0 Å². The molecular weight excluding hydrogens is 294 g/mol. The molecule has 0 radical (unpaired) electrons. The molecule has 5 N–H and O–H groups in total. The molecule has 122 valence electrons. The van der Waals surface area contributed by atoms with E-state index in [2.05, 4.69) is 5.32 Å². The second kappa shape index (κ2) is 7.03. The SMILES string of the molecule is CC(=O)Nc1ccc(O[C@H]2O[C@H](CO)[C@@H](O)[C@H](O)[C@@H]2O)cc1. The zero-order chi connectivity index (χ0) is 16.3. The highest BCUT2D eigenvalue weighted by molar-refractivity contribution is 5.88. The first-order valence-corrected chi connectivity index (χ1v) is 6.77. The number of carbonyl (C=O) groups excluding carboxylic acids is 1. The molecule has 0 unspecified atom stereocenters. The maximum Gasteiger partial charge on any atom is 0.229 e. The van der Waals surface area contributed by atoms with E-state index in [4.69, 9.17) is 14.6 Å². The van der Waals surface area contributed by atoms with Crippen LogP contribution in [-0.4, -0.2) is 63.6 Å². The Balaban J connectivity index is 2.04. The molecule has 0 saturated carbocycles.